The molecule has 15 heavy (non-hydrogen) atoms. The van der Waals surface area contributed by atoms with E-state index in [4.69, 9.17) is 10.4 Å². The molecule has 0 heterocycles. The lowest BCUT2D eigenvalue weighted by atomic mass is 9.88. The van der Waals surface area contributed by atoms with Crippen molar-refractivity contribution in [2.45, 2.75) is 31.4 Å². The van der Waals surface area contributed by atoms with Crippen molar-refractivity contribution >= 4 is 15.8 Å². The lowest BCUT2D eigenvalue weighted by Gasteiger charge is -2.14. The molecule has 0 aromatic rings. The first-order chi connectivity index (χ1) is 6.88. The molecular formula is C9H13NO4S. The fourth-order valence-electron chi connectivity index (χ4n) is 1.89. The van der Waals surface area contributed by atoms with Gasteiger partial charge in [0.25, 0.3) is 0 Å². The normalized spacial score (nSPS) is 31.1. The highest BCUT2D eigenvalue weighted by Gasteiger charge is 2.49. The zero-order valence-corrected chi connectivity index (χ0v) is 9.25. The van der Waals surface area contributed by atoms with Crippen molar-refractivity contribution < 1.29 is 18.3 Å². The number of carboxylic acids is 1. The van der Waals surface area contributed by atoms with Gasteiger partial charge in [-0.2, -0.15) is 5.26 Å². The summed E-state index contributed by atoms with van der Waals surface area (Å²) in [6.07, 6.45) is 0.327. The Morgan fingerprint density at radius 1 is 1.67 bits per heavy atom. The fraction of sp³-hybridized carbons (Fsp3) is 0.778. The van der Waals surface area contributed by atoms with Crippen molar-refractivity contribution in [2.75, 3.05) is 5.75 Å². The number of carbonyl (C=O) groups is 1. The maximum atomic E-state index is 11.5. The molecule has 84 valence electrons. The summed E-state index contributed by atoms with van der Waals surface area (Å²) in [6.45, 7) is 1.53. The molecule has 0 radical (unpaired) electrons. The fourth-order valence-corrected chi connectivity index (χ4v) is 3.37. The summed E-state index contributed by atoms with van der Waals surface area (Å²) in [5.74, 6) is -1.21. The van der Waals surface area contributed by atoms with E-state index < -0.39 is 26.5 Å². The number of hydrogen-bond donors (Lipinski definition) is 1. The van der Waals surface area contributed by atoms with Crippen LogP contribution in [0.25, 0.3) is 0 Å². The Kier molecular flexibility index (Phi) is 3.05. The van der Waals surface area contributed by atoms with E-state index in [2.05, 4.69) is 0 Å². The molecule has 0 saturated heterocycles. The summed E-state index contributed by atoms with van der Waals surface area (Å²) in [5, 5.41) is 17.1. The first-order valence-corrected chi connectivity index (χ1v) is 6.46. The number of rotatable bonds is 3. The third-order valence-electron chi connectivity index (χ3n) is 3.00. The van der Waals surface area contributed by atoms with E-state index in [1.165, 1.54) is 6.92 Å². The third-order valence-corrected chi connectivity index (χ3v) is 5.23. The van der Waals surface area contributed by atoms with Gasteiger partial charge in [0.1, 0.15) is 0 Å². The summed E-state index contributed by atoms with van der Waals surface area (Å²) < 4.78 is 23.1. The first kappa shape index (κ1) is 12.0. The minimum absolute atomic E-state index is 0.00120. The zero-order valence-electron chi connectivity index (χ0n) is 8.43. The molecule has 2 atom stereocenters. The average Bonchev–Trinajstić information content (AvgIpc) is 2.63. The van der Waals surface area contributed by atoms with Gasteiger partial charge in [0, 0.05) is 5.75 Å². The minimum Gasteiger partial charge on any atom is -0.480 e. The van der Waals surface area contributed by atoms with E-state index in [1.54, 1.807) is 6.07 Å². The highest BCUT2D eigenvalue weighted by Crippen LogP contribution is 2.41. The van der Waals surface area contributed by atoms with Gasteiger partial charge >= 0.3 is 5.97 Å². The monoisotopic (exact) mass is 231 g/mol. The molecular weight excluding hydrogens is 218 g/mol. The molecule has 0 spiro atoms. The van der Waals surface area contributed by atoms with Crippen molar-refractivity contribution in [1.82, 2.24) is 0 Å². The molecule has 1 N–H and O–H groups in total. The Morgan fingerprint density at radius 2 is 2.27 bits per heavy atom. The van der Waals surface area contributed by atoms with Gasteiger partial charge in [0.05, 0.1) is 11.3 Å². The number of aliphatic carboxylic acids is 1. The highest BCUT2D eigenvalue weighted by molar-refractivity contribution is 7.92. The molecule has 0 unspecified atom stereocenters. The molecule has 0 aromatic carbocycles. The van der Waals surface area contributed by atoms with Gasteiger partial charge in [-0.15, -0.1) is 0 Å². The van der Waals surface area contributed by atoms with Crippen LogP contribution in [0, 0.1) is 16.7 Å². The van der Waals surface area contributed by atoms with E-state index >= 15 is 0 Å². The second kappa shape index (κ2) is 3.81. The van der Waals surface area contributed by atoms with Crippen molar-refractivity contribution in [3.05, 3.63) is 0 Å². The van der Waals surface area contributed by atoms with Gasteiger partial charge in [-0.3, -0.25) is 4.79 Å². The van der Waals surface area contributed by atoms with Crippen LogP contribution in [0.4, 0.5) is 0 Å². The van der Waals surface area contributed by atoms with E-state index in [1.807, 2.05) is 0 Å². The van der Waals surface area contributed by atoms with Crippen molar-refractivity contribution in [3.63, 3.8) is 0 Å². The molecule has 0 aromatic heterocycles. The maximum absolute atomic E-state index is 11.5. The first-order valence-electron chi connectivity index (χ1n) is 4.74. The Hall–Kier alpha value is -1.09. The van der Waals surface area contributed by atoms with Crippen LogP contribution in [0.5, 0.6) is 0 Å². The quantitative estimate of drug-likeness (QED) is 0.766. The summed E-state index contributed by atoms with van der Waals surface area (Å²) in [4.78, 5) is 10.9. The average molecular weight is 231 g/mol. The summed E-state index contributed by atoms with van der Waals surface area (Å²) in [7, 11) is -3.23. The molecule has 6 heteroatoms. The van der Waals surface area contributed by atoms with Crippen LogP contribution >= 0.6 is 0 Å². The lowest BCUT2D eigenvalue weighted by molar-refractivity contribution is -0.145. The van der Waals surface area contributed by atoms with E-state index in [0.29, 0.717) is 0 Å². The van der Waals surface area contributed by atoms with Gasteiger partial charge in [-0.1, -0.05) is 6.92 Å². The minimum atomic E-state index is -3.23. The Balaban J connectivity index is 2.93. The van der Waals surface area contributed by atoms with E-state index in [-0.39, 0.29) is 25.0 Å². The van der Waals surface area contributed by atoms with Crippen LogP contribution in [0.2, 0.25) is 0 Å². The number of sulfone groups is 1. The van der Waals surface area contributed by atoms with Crippen molar-refractivity contribution in [3.8, 4) is 6.07 Å². The topological polar surface area (TPSA) is 95.2 Å². The molecule has 1 aliphatic rings. The molecule has 1 aliphatic carbocycles. The van der Waals surface area contributed by atoms with Crippen LogP contribution < -0.4 is 0 Å². The lowest BCUT2D eigenvalue weighted by Crippen LogP contribution is -2.29. The molecule has 5 nitrogen and oxygen atoms in total. The SMILES string of the molecule is CCS(=O)(=O)[C@H]1CC[C@](C#N)(C(=O)O)C1. The highest BCUT2D eigenvalue weighted by atomic mass is 32.2. The summed E-state index contributed by atoms with van der Waals surface area (Å²) >= 11 is 0. The molecule has 0 bridgehead atoms. The second-order valence-electron chi connectivity index (χ2n) is 3.82. The van der Waals surface area contributed by atoms with Crippen LogP contribution in [0.15, 0.2) is 0 Å². The predicted molar refractivity (Wildman–Crippen MR) is 52.8 cm³/mol. The number of hydrogen-bond acceptors (Lipinski definition) is 4. The van der Waals surface area contributed by atoms with E-state index in [0.717, 1.165) is 0 Å². The Bertz CT molecular complexity index is 408. The van der Waals surface area contributed by atoms with Crippen LogP contribution in [-0.4, -0.2) is 30.5 Å². The molecule has 1 fully saturated rings. The Labute approximate surface area is 88.6 Å². The smallest absolute Gasteiger partial charge is 0.324 e. The van der Waals surface area contributed by atoms with Gasteiger partial charge in [0.15, 0.2) is 15.3 Å². The number of nitrogens with zero attached hydrogens (tertiary/aromatic N) is 1. The van der Waals surface area contributed by atoms with Gasteiger partial charge < -0.3 is 5.11 Å². The van der Waals surface area contributed by atoms with Crippen LogP contribution in [0.1, 0.15) is 26.2 Å². The molecule has 1 rings (SSSR count). The van der Waals surface area contributed by atoms with E-state index in [9.17, 15) is 13.2 Å². The summed E-state index contributed by atoms with van der Waals surface area (Å²) in [6, 6.07) is 1.74. The van der Waals surface area contributed by atoms with Crippen molar-refractivity contribution in [2.24, 2.45) is 5.41 Å². The van der Waals surface area contributed by atoms with Gasteiger partial charge in [-0.25, -0.2) is 8.42 Å². The zero-order chi connectivity index (χ0) is 11.7. The predicted octanol–water partition coefficient (Wildman–Crippen LogP) is 0.568. The molecule has 1 saturated carbocycles. The third kappa shape index (κ3) is 1.97. The number of nitriles is 1. The summed E-state index contributed by atoms with van der Waals surface area (Å²) in [5.41, 5.74) is -1.49. The van der Waals surface area contributed by atoms with Crippen LogP contribution in [0.3, 0.4) is 0 Å². The standard InChI is InChI=1S/C9H13NO4S/c1-2-15(13,14)7-3-4-9(5-7,6-10)8(11)12/h7H,2-5H2,1H3,(H,11,12)/t7-,9-/m0/s1. The second-order valence-corrected chi connectivity index (χ2v) is 6.39. The van der Waals surface area contributed by atoms with Gasteiger partial charge in [-0.05, 0) is 19.3 Å². The number of carboxylic acid groups (broad SMARTS) is 1. The largest absolute Gasteiger partial charge is 0.480 e. The Morgan fingerprint density at radius 3 is 2.60 bits per heavy atom. The van der Waals surface area contributed by atoms with Gasteiger partial charge in [0.2, 0.25) is 0 Å². The maximum Gasteiger partial charge on any atom is 0.324 e. The molecule has 0 amide bonds. The molecule has 0 aliphatic heterocycles. The van der Waals surface area contributed by atoms with Crippen LogP contribution in [-0.2, 0) is 14.6 Å². The van der Waals surface area contributed by atoms with Crippen molar-refractivity contribution in [1.29, 1.82) is 5.26 Å².